The van der Waals surface area contributed by atoms with Gasteiger partial charge in [-0.05, 0) is 54.8 Å². The molecule has 1 heterocycles. The lowest BCUT2D eigenvalue weighted by Crippen LogP contribution is -2.14. The van der Waals surface area contributed by atoms with E-state index >= 15 is 0 Å². The molecule has 0 fully saturated rings. The van der Waals surface area contributed by atoms with Crippen LogP contribution in [0.15, 0.2) is 58.5 Å². The van der Waals surface area contributed by atoms with Gasteiger partial charge in [-0.15, -0.1) is 0 Å². The van der Waals surface area contributed by atoms with Gasteiger partial charge in [-0.25, -0.2) is 9.78 Å². The number of hydrogen-bond acceptors (Lipinski definition) is 8. The summed E-state index contributed by atoms with van der Waals surface area (Å²) in [6.45, 7) is 0.617. The number of thioether (sulfide) groups is 1. The summed E-state index contributed by atoms with van der Waals surface area (Å²) in [6, 6.07) is 15.5. The Morgan fingerprint density at radius 3 is 2.16 bits per heavy atom. The first kappa shape index (κ1) is 21.9. The van der Waals surface area contributed by atoms with E-state index in [0.29, 0.717) is 46.7 Å². The van der Waals surface area contributed by atoms with Crippen molar-refractivity contribution >= 4 is 17.7 Å². The molecule has 0 amide bonds. The second-order valence-corrected chi connectivity index (χ2v) is 6.94. The van der Waals surface area contributed by atoms with Gasteiger partial charge in [0.25, 0.3) is 5.56 Å². The van der Waals surface area contributed by atoms with Gasteiger partial charge in [0, 0.05) is 5.56 Å². The largest absolute Gasteiger partial charge is 0.490 e. The third-order valence-electron chi connectivity index (χ3n) is 4.23. The van der Waals surface area contributed by atoms with Crippen LogP contribution in [0, 0.1) is 11.3 Å². The maximum atomic E-state index is 12.1. The number of nitriles is 1. The molecule has 3 rings (SSSR count). The highest BCUT2D eigenvalue weighted by atomic mass is 32.2. The van der Waals surface area contributed by atoms with Gasteiger partial charge < -0.3 is 19.2 Å². The molecule has 158 valence electrons. The van der Waals surface area contributed by atoms with Crippen LogP contribution in [0.25, 0.3) is 11.3 Å². The molecule has 0 aliphatic rings. The molecule has 0 atom stereocenters. The SMILES string of the molecule is COC(=O)c1ccc(OCCOc2ccc(-c3nc(SC)[nH]c(=O)c3C#N)cc2)cc1. The Morgan fingerprint density at radius 1 is 1.06 bits per heavy atom. The van der Waals surface area contributed by atoms with Crippen LogP contribution in [-0.2, 0) is 4.74 Å². The highest BCUT2D eigenvalue weighted by Crippen LogP contribution is 2.24. The summed E-state index contributed by atoms with van der Waals surface area (Å²) >= 11 is 1.29. The second-order valence-electron chi connectivity index (χ2n) is 6.15. The standard InChI is InChI=1S/C22H19N3O5S/c1-28-21(27)15-5-9-17(10-6-15)30-12-11-29-16-7-3-14(4-8-16)19-18(13-23)20(26)25-22(24-19)31-2/h3-10H,11-12H2,1-2H3,(H,24,25,26). The average molecular weight is 437 g/mol. The zero-order chi connectivity index (χ0) is 22.2. The van der Waals surface area contributed by atoms with Crippen LogP contribution in [0.3, 0.4) is 0 Å². The number of nitrogens with one attached hydrogen (secondary N) is 1. The van der Waals surface area contributed by atoms with E-state index < -0.39 is 11.5 Å². The molecule has 0 aliphatic heterocycles. The van der Waals surface area contributed by atoms with E-state index in [0.717, 1.165) is 0 Å². The second kappa shape index (κ2) is 10.3. The number of H-pyrrole nitrogens is 1. The lowest BCUT2D eigenvalue weighted by molar-refractivity contribution is 0.0600. The van der Waals surface area contributed by atoms with E-state index in [2.05, 4.69) is 14.7 Å². The lowest BCUT2D eigenvalue weighted by atomic mass is 10.1. The fourth-order valence-electron chi connectivity index (χ4n) is 2.70. The molecule has 1 aromatic heterocycles. The number of rotatable bonds is 8. The van der Waals surface area contributed by atoms with Gasteiger partial charge in [-0.2, -0.15) is 5.26 Å². The molecule has 0 bridgehead atoms. The van der Waals surface area contributed by atoms with Crippen molar-refractivity contribution < 1.29 is 19.0 Å². The normalized spacial score (nSPS) is 10.2. The van der Waals surface area contributed by atoms with Crippen LogP contribution in [-0.4, -0.2) is 42.5 Å². The number of carbonyl (C=O) groups is 1. The van der Waals surface area contributed by atoms with Gasteiger partial charge in [-0.1, -0.05) is 11.8 Å². The average Bonchev–Trinajstić information content (AvgIpc) is 2.81. The third kappa shape index (κ3) is 5.43. The fourth-order valence-corrected chi connectivity index (χ4v) is 3.07. The Hall–Kier alpha value is -3.77. The lowest BCUT2D eigenvalue weighted by Gasteiger charge is -2.10. The Morgan fingerprint density at radius 2 is 1.65 bits per heavy atom. The monoisotopic (exact) mass is 437 g/mol. The molecule has 31 heavy (non-hydrogen) atoms. The van der Waals surface area contributed by atoms with E-state index in [9.17, 15) is 14.9 Å². The first-order valence-electron chi connectivity index (χ1n) is 9.18. The molecule has 0 unspecified atom stereocenters. The van der Waals surface area contributed by atoms with Crippen molar-refractivity contribution in [2.24, 2.45) is 0 Å². The summed E-state index contributed by atoms with van der Waals surface area (Å²) in [6.07, 6.45) is 1.79. The summed E-state index contributed by atoms with van der Waals surface area (Å²) < 4.78 is 15.9. The highest BCUT2D eigenvalue weighted by Gasteiger charge is 2.13. The Kier molecular flexibility index (Phi) is 7.30. The number of nitrogens with zero attached hydrogens (tertiary/aromatic N) is 2. The van der Waals surface area contributed by atoms with Gasteiger partial charge in [0.2, 0.25) is 0 Å². The number of aromatic amines is 1. The van der Waals surface area contributed by atoms with Crippen LogP contribution >= 0.6 is 11.8 Å². The van der Waals surface area contributed by atoms with Gasteiger partial charge in [0.1, 0.15) is 36.3 Å². The molecule has 0 aliphatic carbocycles. The Labute approximate surface area is 182 Å². The number of ether oxygens (including phenoxy) is 3. The third-order valence-corrected chi connectivity index (χ3v) is 4.81. The number of aromatic nitrogens is 2. The smallest absolute Gasteiger partial charge is 0.337 e. The summed E-state index contributed by atoms with van der Waals surface area (Å²) in [5.74, 6) is 0.822. The quantitative estimate of drug-likeness (QED) is 0.247. The molecule has 0 saturated carbocycles. The molecular weight excluding hydrogens is 418 g/mol. The molecule has 1 N–H and O–H groups in total. The van der Waals surface area contributed by atoms with Crippen LogP contribution in [0.4, 0.5) is 0 Å². The molecule has 2 aromatic carbocycles. The molecule has 3 aromatic rings. The number of esters is 1. The van der Waals surface area contributed by atoms with Gasteiger partial charge in [0.15, 0.2) is 5.16 Å². The molecule has 9 heteroatoms. The maximum Gasteiger partial charge on any atom is 0.337 e. The first-order valence-corrected chi connectivity index (χ1v) is 10.4. The number of methoxy groups -OCH3 is 1. The number of benzene rings is 2. The van der Waals surface area contributed by atoms with E-state index in [1.807, 2.05) is 6.07 Å². The summed E-state index contributed by atoms with van der Waals surface area (Å²) in [5, 5.41) is 9.73. The minimum absolute atomic E-state index is 0.0295. The molecule has 0 radical (unpaired) electrons. The zero-order valence-corrected chi connectivity index (χ0v) is 17.7. The topological polar surface area (TPSA) is 114 Å². The molecular formula is C22H19N3O5S. The van der Waals surface area contributed by atoms with Crippen LogP contribution < -0.4 is 15.0 Å². The van der Waals surface area contributed by atoms with Crippen LogP contribution in [0.1, 0.15) is 15.9 Å². The van der Waals surface area contributed by atoms with E-state index in [1.165, 1.54) is 18.9 Å². The van der Waals surface area contributed by atoms with Gasteiger partial charge >= 0.3 is 5.97 Å². The molecule has 0 saturated heterocycles. The molecule has 8 nitrogen and oxygen atoms in total. The summed E-state index contributed by atoms with van der Waals surface area (Å²) in [4.78, 5) is 30.4. The van der Waals surface area contributed by atoms with Crippen molar-refractivity contribution in [3.63, 3.8) is 0 Å². The summed E-state index contributed by atoms with van der Waals surface area (Å²) in [7, 11) is 1.33. The van der Waals surface area contributed by atoms with Gasteiger partial charge in [-0.3, -0.25) is 4.79 Å². The van der Waals surface area contributed by atoms with E-state index in [-0.39, 0.29) is 5.56 Å². The van der Waals surface area contributed by atoms with Crippen molar-refractivity contribution in [3.8, 4) is 28.8 Å². The van der Waals surface area contributed by atoms with E-state index in [4.69, 9.17) is 9.47 Å². The Balaban J connectivity index is 1.58. The van der Waals surface area contributed by atoms with Crippen LogP contribution in [0.2, 0.25) is 0 Å². The first-order chi connectivity index (χ1) is 15.0. The predicted octanol–water partition coefficient (Wildman–Crippen LogP) is 3.27. The number of hydrogen-bond donors (Lipinski definition) is 1. The molecule has 0 spiro atoms. The maximum absolute atomic E-state index is 12.1. The van der Waals surface area contributed by atoms with Gasteiger partial charge in [0.05, 0.1) is 18.4 Å². The summed E-state index contributed by atoms with van der Waals surface area (Å²) in [5.41, 5.74) is 0.936. The van der Waals surface area contributed by atoms with Crippen molar-refractivity contribution in [2.45, 2.75) is 5.16 Å². The zero-order valence-electron chi connectivity index (χ0n) is 16.9. The minimum Gasteiger partial charge on any atom is -0.490 e. The Bertz CT molecular complexity index is 1150. The van der Waals surface area contributed by atoms with Crippen molar-refractivity contribution in [1.29, 1.82) is 5.26 Å². The minimum atomic E-state index is -0.464. The van der Waals surface area contributed by atoms with Crippen molar-refractivity contribution in [1.82, 2.24) is 9.97 Å². The van der Waals surface area contributed by atoms with Crippen LogP contribution in [0.5, 0.6) is 11.5 Å². The fraction of sp³-hybridized carbons (Fsp3) is 0.182. The predicted molar refractivity (Wildman–Crippen MR) is 116 cm³/mol. The highest BCUT2D eigenvalue weighted by molar-refractivity contribution is 7.98. The van der Waals surface area contributed by atoms with E-state index in [1.54, 1.807) is 54.8 Å². The van der Waals surface area contributed by atoms with Crippen molar-refractivity contribution in [3.05, 3.63) is 70.0 Å². The number of carbonyl (C=O) groups excluding carboxylic acids is 1. The van der Waals surface area contributed by atoms with Crippen molar-refractivity contribution in [2.75, 3.05) is 26.6 Å².